The molecule has 1 aromatic rings. The Morgan fingerprint density at radius 2 is 2.18 bits per heavy atom. The predicted octanol–water partition coefficient (Wildman–Crippen LogP) is 1.33. The molecule has 6 nitrogen and oxygen atoms in total. The number of carbonyl (C=O) groups is 1. The smallest absolute Gasteiger partial charge is 0.480 e. The molecule has 0 heterocycles. The van der Waals surface area contributed by atoms with Gasteiger partial charge in [0.2, 0.25) is 6.16 Å². The van der Waals surface area contributed by atoms with Crippen LogP contribution in [0.15, 0.2) is 30.3 Å². The van der Waals surface area contributed by atoms with Crippen LogP contribution in [0.25, 0.3) is 0 Å². The van der Waals surface area contributed by atoms with Crippen molar-refractivity contribution in [1.82, 2.24) is 5.32 Å². The molecule has 0 aromatic heterocycles. The van der Waals surface area contributed by atoms with E-state index in [1.54, 1.807) is 30.3 Å². The van der Waals surface area contributed by atoms with E-state index in [9.17, 15) is 9.36 Å². The van der Waals surface area contributed by atoms with E-state index in [4.69, 9.17) is 14.9 Å². The molecule has 2 unspecified atom stereocenters. The molecular formula is C10H10N2O4P+. The molecular weight excluding hydrogens is 243 g/mol. The number of aliphatic carboxylic acids is 1. The molecule has 1 rings (SSSR count). The van der Waals surface area contributed by atoms with Gasteiger partial charge in [-0.1, -0.05) is 18.2 Å². The molecule has 0 fully saturated rings. The number of nitrogens with zero attached hydrogens (tertiary/aromatic N) is 1. The second-order valence-corrected chi connectivity index (χ2v) is 4.28. The van der Waals surface area contributed by atoms with Crippen molar-refractivity contribution in [2.45, 2.75) is 6.04 Å². The van der Waals surface area contributed by atoms with Gasteiger partial charge in [0.25, 0.3) is 0 Å². The molecule has 0 aliphatic rings. The Hall–Kier alpha value is -2.12. The number of nitriles is 1. The summed E-state index contributed by atoms with van der Waals surface area (Å²) in [5.41, 5.74) is 0. The number of para-hydroxylation sites is 1. The van der Waals surface area contributed by atoms with Crippen molar-refractivity contribution < 1.29 is 19.0 Å². The van der Waals surface area contributed by atoms with Crippen LogP contribution < -0.4 is 9.84 Å². The molecule has 88 valence electrons. The quantitative estimate of drug-likeness (QED) is 0.450. The first-order valence-corrected chi connectivity index (χ1v) is 6.05. The zero-order valence-corrected chi connectivity index (χ0v) is 9.63. The van der Waals surface area contributed by atoms with Gasteiger partial charge in [-0.25, -0.2) is 4.79 Å². The molecule has 0 bridgehead atoms. The zero-order valence-electron chi connectivity index (χ0n) is 8.74. The van der Waals surface area contributed by atoms with Crippen molar-refractivity contribution >= 4 is 14.0 Å². The van der Waals surface area contributed by atoms with E-state index < -0.39 is 20.0 Å². The molecule has 17 heavy (non-hydrogen) atoms. The van der Waals surface area contributed by atoms with Gasteiger partial charge in [0, 0.05) is 0 Å². The number of rotatable bonds is 6. The fraction of sp³-hybridized carbons (Fsp3) is 0.200. The molecule has 0 radical (unpaired) electrons. The molecule has 2 N–H and O–H groups in total. The Morgan fingerprint density at radius 3 is 2.71 bits per heavy atom. The first-order chi connectivity index (χ1) is 8.13. The largest absolute Gasteiger partial charge is 0.558 e. The third-order valence-corrected chi connectivity index (χ3v) is 2.90. The average Bonchev–Trinajstić information content (AvgIpc) is 2.29. The van der Waals surface area contributed by atoms with Crippen molar-refractivity contribution in [1.29, 1.82) is 5.26 Å². The van der Waals surface area contributed by atoms with Gasteiger partial charge >= 0.3 is 14.0 Å². The second kappa shape index (κ2) is 6.46. The van der Waals surface area contributed by atoms with Crippen LogP contribution in [-0.4, -0.2) is 23.3 Å². The molecule has 1 aromatic carbocycles. The van der Waals surface area contributed by atoms with E-state index in [1.165, 1.54) is 6.19 Å². The number of carboxylic acid groups (broad SMARTS) is 1. The Balaban J connectivity index is 2.54. The maximum Gasteiger partial charge on any atom is 0.558 e. The van der Waals surface area contributed by atoms with Gasteiger partial charge in [0.15, 0.2) is 18.0 Å². The standard InChI is InChI=1S/C10H9N2O4P/c11-7-12-9(10(13)14)6-17(15)16-8-4-2-1-3-5-8/h1-5,9,12H,6H2/p+1. The highest BCUT2D eigenvalue weighted by molar-refractivity contribution is 7.39. The first kappa shape index (κ1) is 12.9. The van der Waals surface area contributed by atoms with E-state index in [-0.39, 0.29) is 6.16 Å². The molecule has 0 aliphatic carbocycles. The van der Waals surface area contributed by atoms with Crippen molar-refractivity contribution in [3.05, 3.63) is 30.3 Å². The Labute approximate surface area is 98.7 Å². The summed E-state index contributed by atoms with van der Waals surface area (Å²) in [6, 6.07) is 7.22. The van der Waals surface area contributed by atoms with Gasteiger partial charge in [-0.3, -0.25) is 4.52 Å². The minimum atomic E-state index is -2.18. The fourth-order valence-electron chi connectivity index (χ4n) is 1.05. The third kappa shape index (κ3) is 4.49. The summed E-state index contributed by atoms with van der Waals surface area (Å²) in [4.78, 5) is 10.7. The summed E-state index contributed by atoms with van der Waals surface area (Å²) in [5, 5.41) is 19.1. The van der Waals surface area contributed by atoms with Gasteiger partial charge in [0.05, 0.1) is 0 Å². The van der Waals surface area contributed by atoms with E-state index in [2.05, 4.69) is 0 Å². The van der Waals surface area contributed by atoms with Gasteiger partial charge in [-0.15, -0.1) is 0 Å². The van der Waals surface area contributed by atoms with Gasteiger partial charge in [0.1, 0.15) is 0 Å². The third-order valence-electron chi connectivity index (χ3n) is 1.82. The maximum atomic E-state index is 11.5. The number of carboxylic acids is 1. The number of benzene rings is 1. The zero-order chi connectivity index (χ0) is 12.7. The minimum absolute atomic E-state index is 0.271. The van der Waals surface area contributed by atoms with Gasteiger partial charge in [-0.05, 0) is 16.7 Å². The van der Waals surface area contributed by atoms with E-state index in [0.717, 1.165) is 0 Å². The summed E-state index contributed by atoms with van der Waals surface area (Å²) in [6.45, 7) is 0. The van der Waals surface area contributed by atoms with Crippen LogP contribution in [0.4, 0.5) is 0 Å². The molecule has 0 saturated carbocycles. The van der Waals surface area contributed by atoms with Crippen LogP contribution in [0.2, 0.25) is 0 Å². The maximum absolute atomic E-state index is 11.5. The van der Waals surface area contributed by atoms with Crippen LogP contribution in [0.1, 0.15) is 0 Å². The Bertz CT molecular complexity index is 443. The number of nitrogens with one attached hydrogen (secondary N) is 1. The van der Waals surface area contributed by atoms with Gasteiger partial charge in [-0.2, -0.15) is 5.26 Å². The molecule has 7 heteroatoms. The Morgan fingerprint density at radius 1 is 1.53 bits per heavy atom. The monoisotopic (exact) mass is 253 g/mol. The van der Waals surface area contributed by atoms with Crippen LogP contribution >= 0.6 is 8.03 Å². The van der Waals surface area contributed by atoms with Crippen LogP contribution in [-0.2, 0) is 9.36 Å². The lowest BCUT2D eigenvalue weighted by Gasteiger charge is -2.02. The molecule has 0 aliphatic heterocycles. The lowest BCUT2D eigenvalue weighted by atomic mass is 10.3. The summed E-state index contributed by atoms with van der Waals surface area (Å²) in [6.07, 6.45) is 1.23. The highest BCUT2D eigenvalue weighted by atomic mass is 31.1. The van der Waals surface area contributed by atoms with Crippen molar-refractivity contribution in [2.75, 3.05) is 6.16 Å². The lowest BCUT2D eigenvalue weighted by Crippen LogP contribution is -2.35. The molecule has 2 atom stereocenters. The summed E-state index contributed by atoms with van der Waals surface area (Å²) >= 11 is 0. The van der Waals surface area contributed by atoms with Gasteiger partial charge < -0.3 is 10.4 Å². The van der Waals surface area contributed by atoms with E-state index in [1.807, 2.05) is 5.32 Å². The summed E-state index contributed by atoms with van der Waals surface area (Å²) < 4.78 is 16.6. The second-order valence-electron chi connectivity index (χ2n) is 3.07. The Kier molecular flexibility index (Phi) is 4.92. The van der Waals surface area contributed by atoms with Crippen LogP contribution in [0.5, 0.6) is 5.75 Å². The fourth-order valence-corrected chi connectivity index (χ4v) is 2.03. The summed E-state index contributed by atoms with van der Waals surface area (Å²) in [5.74, 6) is -0.846. The average molecular weight is 253 g/mol. The highest BCUT2D eigenvalue weighted by Crippen LogP contribution is 2.27. The van der Waals surface area contributed by atoms with Crippen molar-refractivity contribution in [2.24, 2.45) is 0 Å². The molecule has 0 saturated heterocycles. The SMILES string of the molecule is N#CNC(C[P+](=O)Oc1ccccc1)C(=O)O. The van der Waals surface area contributed by atoms with Crippen molar-refractivity contribution in [3.63, 3.8) is 0 Å². The number of hydrogen-bond donors (Lipinski definition) is 2. The van der Waals surface area contributed by atoms with Crippen molar-refractivity contribution in [3.8, 4) is 11.9 Å². The lowest BCUT2D eigenvalue weighted by molar-refractivity contribution is -0.138. The highest BCUT2D eigenvalue weighted by Gasteiger charge is 2.31. The molecule has 0 spiro atoms. The normalized spacial score (nSPS) is 12.1. The van der Waals surface area contributed by atoms with E-state index >= 15 is 0 Å². The minimum Gasteiger partial charge on any atom is -0.480 e. The molecule has 0 amide bonds. The predicted molar refractivity (Wildman–Crippen MR) is 59.7 cm³/mol. The summed E-state index contributed by atoms with van der Waals surface area (Å²) in [7, 11) is -2.18. The topological polar surface area (TPSA) is 99.4 Å². The van der Waals surface area contributed by atoms with E-state index in [0.29, 0.717) is 5.75 Å². The number of hydrogen-bond acceptors (Lipinski definition) is 5. The van der Waals surface area contributed by atoms with Crippen LogP contribution in [0.3, 0.4) is 0 Å². The first-order valence-electron chi connectivity index (χ1n) is 4.68. The van der Waals surface area contributed by atoms with Crippen LogP contribution in [0, 0.1) is 11.5 Å².